The zero-order chi connectivity index (χ0) is 26.6. The van der Waals surface area contributed by atoms with Gasteiger partial charge in [0, 0.05) is 62.9 Å². The Morgan fingerprint density at radius 1 is 1.00 bits per heavy atom. The summed E-state index contributed by atoms with van der Waals surface area (Å²) >= 11 is 0. The number of benzene rings is 1. The zero-order valence-corrected chi connectivity index (χ0v) is 21.4. The summed E-state index contributed by atoms with van der Waals surface area (Å²) in [6.45, 7) is 4.84. The number of anilines is 1. The number of hydrogen-bond donors (Lipinski definition) is 1. The van der Waals surface area contributed by atoms with E-state index in [9.17, 15) is 14.4 Å². The Balaban J connectivity index is 1.25. The molecule has 0 aliphatic carbocycles. The lowest BCUT2D eigenvalue weighted by Gasteiger charge is -2.32. The average molecular weight is 512 g/mol. The van der Waals surface area contributed by atoms with Crippen molar-refractivity contribution in [3.05, 3.63) is 72.2 Å². The number of fused-ring (bicyclic) bond motifs is 1. The van der Waals surface area contributed by atoms with Crippen molar-refractivity contribution < 1.29 is 14.4 Å². The fraction of sp³-hybridized carbons (Fsp3) is 0.286. The Bertz CT molecular complexity index is 1490. The second kappa shape index (κ2) is 10.9. The fourth-order valence-electron chi connectivity index (χ4n) is 4.44. The summed E-state index contributed by atoms with van der Waals surface area (Å²) in [6.07, 6.45) is 3.66. The second-order valence-corrected chi connectivity index (χ2v) is 9.53. The number of carbonyl (C=O) groups excluding carboxylic acids is 3. The van der Waals surface area contributed by atoms with E-state index in [-0.39, 0.29) is 30.6 Å². The second-order valence-electron chi connectivity index (χ2n) is 9.53. The fourth-order valence-corrected chi connectivity index (χ4v) is 4.44. The summed E-state index contributed by atoms with van der Waals surface area (Å²) in [4.78, 5) is 49.8. The molecule has 0 spiro atoms. The first kappa shape index (κ1) is 25.2. The summed E-state index contributed by atoms with van der Waals surface area (Å²) in [5, 5.41) is 8.05. The van der Waals surface area contributed by atoms with Crippen molar-refractivity contribution >= 4 is 34.3 Å². The molecule has 1 aromatic carbocycles. The molecule has 1 fully saturated rings. The Kier molecular flexibility index (Phi) is 7.23. The Hall–Kier alpha value is -4.44. The summed E-state index contributed by atoms with van der Waals surface area (Å²) < 4.78 is 1.67. The van der Waals surface area contributed by atoms with Crippen molar-refractivity contribution in [1.29, 1.82) is 0 Å². The highest BCUT2D eigenvalue weighted by Crippen LogP contribution is 2.20. The molecule has 10 nitrogen and oxygen atoms in total. The van der Waals surface area contributed by atoms with E-state index in [1.54, 1.807) is 35.1 Å². The maximum absolute atomic E-state index is 13.1. The van der Waals surface area contributed by atoms with Gasteiger partial charge in [-0.3, -0.25) is 19.1 Å². The van der Waals surface area contributed by atoms with Gasteiger partial charge in [-0.05, 0) is 49.0 Å². The van der Waals surface area contributed by atoms with Gasteiger partial charge < -0.3 is 15.1 Å². The Morgan fingerprint density at radius 3 is 2.55 bits per heavy atom. The van der Waals surface area contributed by atoms with E-state index in [1.165, 1.54) is 6.92 Å². The van der Waals surface area contributed by atoms with Crippen molar-refractivity contribution in [1.82, 2.24) is 29.5 Å². The third-order valence-electron chi connectivity index (χ3n) is 6.53. The van der Waals surface area contributed by atoms with Crippen LogP contribution in [0.2, 0.25) is 0 Å². The molecule has 1 saturated heterocycles. The van der Waals surface area contributed by atoms with Crippen LogP contribution < -0.4 is 5.32 Å². The highest BCUT2D eigenvalue weighted by molar-refractivity contribution is 5.96. The third-order valence-corrected chi connectivity index (χ3v) is 6.53. The van der Waals surface area contributed by atoms with E-state index < -0.39 is 0 Å². The number of nitrogens with zero attached hydrogens (tertiary/aromatic N) is 6. The molecule has 0 unspecified atom stereocenters. The zero-order valence-electron chi connectivity index (χ0n) is 21.4. The highest BCUT2D eigenvalue weighted by Gasteiger charge is 2.20. The standard InChI is InChI=1S/C28H29N7O3/c1-19(36)30-27-9-7-21(16-29-27)23-4-3-5-25(31-23)26(37)15-20-6-8-24-22(14-20)17-35(32-24)18-28(38)34-12-10-33(2)11-13-34/h3-9,14,16-17H,10-13,15,18H2,1-2H3,(H,29,30,36). The number of likely N-dealkylation sites (N-methyl/N-ethyl adjacent to an activating group) is 1. The molecular formula is C28H29N7O3. The van der Waals surface area contributed by atoms with Crippen LogP contribution in [0.4, 0.5) is 5.82 Å². The van der Waals surface area contributed by atoms with E-state index in [2.05, 4.69) is 32.3 Å². The molecule has 3 aromatic heterocycles. The van der Waals surface area contributed by atoms with E-state index in [1.807, 2.05) is 35.4 Å². The Morgan fingerprint density at radius 2 is 1.82 bits per heavy atom. The molecule has 0 saturated carbocycles. The molecule has 4 aromatic rings. The van der Waals surface area contributed by atoms with Crippen LogP contribution in [0.5, 0.6) is 0 Å². The maximum atomic E-state index is 13.1. The number of rotatable bonds is 7. The topological polar surface area (TPSA) is 113 Å². The first-order chi connectivity index (χ1) is 18.3. The van der Waals surface area contributed by atoms with Gasteiger partial charge in [0.1, 0.15) is 18.1 Å². The van der Waals surface area contributed by atoms with Crippen LogP contribution in [0.25, 0.3) is 22.2 Å². The molecule has 0 bridgehead atoms. The maximum Gasteiger partial charge on any atom is 0.244 e. The SMILES string of the molecule is CC(=O)Nc1ccc(-c2cccc(C(=O)Cc3ccc4nn(CC(=O)N5CCN(C)CC5)cc4c3)n2)cn1. The van der Waals surface area contributed by atoms with Gasteiger partial charge in [0.15, 0.2) is 5.78 Å². The number of ketones is 1. The highest BCUT2D eigenvalue weighted by atomic mass is 16.2. The van der Waals surface area contributed by atoms with Crippen LogP contribution >= 0.6 is 0 Å². The first-order valence-electron chi connectivity index (χ1n) is 12.5. The lowest BCUT2D eigenvalue weighted by atomic mass is 10.0. The Labute approximate surface area is 220 Å². The molecule has 4 heterocycles. The molecule has 1 aliphatic heterocycles. The quantitative estimate of drug-likeness (QED) is 0.380. The van der Waals surface area contributed by atoms with Gasteiger partial charge >= 0.3 is 0 Å². The lowest BCUT2D eigenvalue weighted by Crippen LogP contribution is -2.48. The van der Waals surface area contributed by atoms with Crippen LogP contribution in [0.3, 0.4) is 0 Å². The number of Topliss-reactive ketones (excluding diaryl/α,β-unsaturated/α-hetero) is 1. The summed E-state index contributed by atoms with van der Waals surface area (Å²) in [6, 6.07) is 14.5. The number of aromatic nitrogens is 4. The number of amides is 2. The van der Waals surface area contributed by atoms with Crippen molar-refractivity contribution in [3.8, 4) is 11.3 Å². The molecule has 1 aliphatic rings. The smallest absolute Gasteiger partial charge is 0.244 e. The predicted octanol–water partition coefficient (Wildman–Crippen LogP) is 2.65. The van der Waals surface area contributed by atoms with Crippen molar-refractivity contribution in [2.45, 2.75) is 19.9 Å². The largest absolute Gasteiger partial charge is 0.339 e. The van der Waals surface area contributed by atoms with Gasteiger partial charge in [-0.15, -0.1) is 0 Å². The molecule has 1 N–H and O–H groups in total. The van der Waals surface area contributed by atoms with E-state index in [0.29, 0.717) is 17.2 Å². The predicted molar refractivity (Wildman–Crippen MR) is 144 cm³/mol. The summed E-state index contributed by atoms with van der Waals surface area (Å²) in [7, 11) is 2.06. The van der Waals surface area contributed by atoms with Crippen LogP contribution in [0.1, 0.15) is 23.0 Å². The minimum Gasteiger partial charge on any atom is -0.339 e. The number of carbonyl (C=O) groups is 3. The average Bonchev–Trinajstić information content (AvgIpc) is 3.30. The molecule has 5 rings (SSSR count). The lowest BCUT2D eigenvalue weighted by molar-refractivity contribution is -0.133. The molecule has 38 heavy (non-hydrogen) atoms. The number of piperazine rings is 1. The molecular weight excluding hydrogens is 482 g/mol. The monoisotopic (exact) mass is 511 g/mol. The summed E-state index contributed by atoms with van der Waals surface area (Å²) in [5.74, 6) is 0.218. The normalized spacial score (nSPS) is 14.0. The van der Waals surface area contributed by atoms with Gasteiger partial charge in [0.05, 0.1) is 11.2 Å². The molecule has 0 radical (unpaired) electrons. The van der Waals surface area contributed by atoms with Crippen LogP contribution in [0, 0.1) is 0 Å². The van der Waals surface area contributed by atoms with Crippen LogP contribution in [0.15, 0.2) is 60.9 Å². The molecule has 0 atom stereocenters. The van der Waals surface area contributed by atoms with E-state index in [4.69, 9.17) is 0 Å². The third kappa shape index (κ3) is 5.92. The first-order valence-corrected chi connectivity index (χ1v) is 12.5. The van der Waals surface area contributed by atoms with Crippen molar-refractivity contribution in [2.75, 3.05) is 38.5 Å². The van der Waals surface area contributed by atoms with Crippen molar-refractivity contribution in [3.63, 3.8) is 0 Å². The molecule has 10 heteroatoms. The van der Waals surface area contributed by atoms with Gasteiger partial charge in [0.2, 0.25) is 11.8 Å². The van der Waals surface area contributed by atoms with Crippen LogP contribution in [-0.2, 0) is 22.6 Å². The summed E-state index contributed by atoms with van der Waals surface area (Å²) in [5.41, 5.74) is 3.36. The van der Waals surface area contributed by atoms with E-state index in [0.717, 1.165) is 48.2 Å². The molecule has 194 valence electrons. The number of nitrogens with one attached hydrogen (secondary N) is 1. The number of hydrogen-bond acceptors (Lipinski definition) is 7. The number of pyridine rings is 2. The van der Waals surface area contributed by atoms with Gasteiger partial charge in [-0.2, -0.15) is 5.10 Å². The minimum absolute atomic E-state index is 0.0622. The van der Waals surface area contributed by atoms with Gasteiger partial charge in [0.25, 0.3) is 0 Å². The molecule has 2 amide bonds. The van der Waals surface area contributed by atoms with Gasteiger partial charge in [-0.25, -0.2) is 9.97 Å². The minimum atomic E-state index is -0.194. The van der Waals surface area contributed by atoms with Gasteiger partial charge in [-0.1, -0.05) is 12.1 Å². The van der Waals surface area contributed by atoms with E-state index >= 15 is 0 Å². The van der Waals surface area contributed by atoms with Crippen molar-refractivity contribution in [2.24, 2.45) is 0 Å². The van der Waals surface area contributed by atoms with Crippen LogP contribution in [-0.4, -0.2) is 80.4 Å².